The van der Waals surface area contributed by atoms with E-state index < -0.39 is 0 Å². The fourth-order valence-corrected chi connectivity index (χ4v) is 3.02. The van der Waals surface area contributed by atoms with E-state index in [9.17, 15) is 4.39 Å². The van der Waals surface area contributed by atoms with Crippen LogP contribution in [0.2, 0.25) is 0 Å². The molecule has 5 heteroatoms. The van der Waals surface area contributed by atoms with Crippen LogP contribution < -0.4 is 11.3 Å². The Morgan fingerprint density at radius 3 is 2.67 bits per heavy atom. The Balaban J connectivity index is 2.18. The molecule has 0 amide bonds. The lowest BCUT2D eigenvalue weighted by Crippen LogP contribution is -2.29. The molecule has 3 aromatic rings. The highest BCUT2D eigenvalue weighted by molar-refractivity contribution is 9.10. The molecule has 0 saturated heterocycles. The summed E-state index contributed by atoms with van der Waals surface area (Å²) in [7, 11) is 0. The van der Waals surface area contributed by atoms with Crippen molar-refractivity contribution in [2.24, 2.45) is 5.84 Å². The van der Waals surface area contributed by atoms with Gasteiger partial charge in [0.1, 0.15) is 5.82 Å². The molecule has 0 bridgehead atoms. The molecule has 0 radical (unpaired) electrons. The van der Waals surface area contributed by atoms with Crippen LogP contribution in [0.1, 0.15) is 17.2 Å². The molecule has 0 aliphatic carbocycles. The summed E-state index contributed by atoms with van der Waals surface area (Å²) in [5.74, 6) is 5.45. The summed E-state index contributed by atoms with van der Waals surface area (Å²) in [6, 6.07) is 14.1. The number of hydrogen-bond acceptors (Lipinski definition) is 3. The molecule has 1 aromatic heterocycles. The first-order valence-corrected chi connectivity index (χ1v) is 7.24. The number of hydrazine groups is 1. The summed E-state index contributed by atoms with van der Waals surface area (Å²) in [5, 5.41) is 1.04. The SMILES string of the molecule is NNC(c1ccc(F)cc1Br)c1cccc2cccnc12. The first kappa shape index (κ1) is 14.1. The molecule has 106 valence electrons. The highest BCUT2D eigenvalue weighted by Gasteiger charge is 2.18. The molecule has 0 aliphatic rings. The van der Waals surface area contributed by atoms with Crippen LogP contribution in [0.3, 0.4) is 0 Å². The molecule has 0 aliphatic heterocycles. The van der Waals surface area contributed by atoms with E-state index in [0.29, 0.717) is 4.47 Å². The van der Waals surface area contributed by atoms with Crippen LogP contribution in [0.5, 0.6) is 0 Å². The second kappa shape index (κ2) is 5.89. The number of para-hydroxylation sites is 1. The molecular weight excluding hydrogens is 333 g/mol. The maximum absolute atomic E-state index is 13.3. The van der Waals surface area contributed by atoms with E-state index >= 15 is 0 Å². The van der Waals surface area contributed by atoms with E-state index in [1.807, 2.05) is 30.3 Å². The van der Waals surface area contributed by atoms with E-state index in [0.717, 1.165) is 22.0 Å². The maximum atomic E-state index is 13.3. The lowest BCUT2D eigenvalue weighted by molar-refractivity contribution is 0.614. The minimum atomic E-state index is -0.294. The van der Waals surface area contributed by atoms with Crippen LogP contribution in [0.4, 0.5) is 4.39 Å². The Bertz CT molecular complexity index is 786. The summed E-state index contributed by atoms with van der Waals surface area (Å²) in [5.41, 5.74) is 5.47. The van der Waals surface area contributed by atoms with Gasteiger partial charge in [-0.05, 0) is 23.8 Å². The van der Waals surface area contributed by atoms with Crippen LogP contribution in [-0.4, -0.2) is 4.98 Å². The van der Waals surface area contributed by atoms with Crippen molar-refractivity contribution < 1.29 is 4.39 Å². The van der Waals surface area contributed by atoms with Crippen molar-refractivity contribution in [3.05, 3.63) is 76.1 Å². The third-order valence-corrected chi connectivity index (χ3v) is 4.10. The van der Waals surface area contributed by atoms with Crippen molar-refractivity contribution in [1.29, 1.82) is 0 Å². The number of pyridine rings is 1. The Labute approximate surface area is 130 Å². The number of aromatic nitrogens is 1. The van der Waals surface area contributed by atoms with Crippen LogP contribution >= 0.6 is 15.9 Å². The number of nitrogens with one attached hydrogen (secondary N) is 1. The molecule has 0 spiro atoms. The molecule has 21 heavy (non-hydrogen) atoms. The molecule has 1 unspecified atom stereocenters. The van der Waals surface area contributed by atoms with Gasteiger partial charge in [0.05, 0.1) is 11.6 Å². The summed E-state index contributed by atoms with van der Waals surface area (Å²) in [6.45, 7) is 0. The van der Waals surface area contributed by atoms with Gasteiger partial charge in [-0.15, -0.1) is 0 Å². The van der Waals surface area contributed by atoms with E-state index in [-0.39, 0.29) is 11.9 Å². The Kier molecular flexibility index (Phi) is 3.96. The summed E-state index contributed by atoms with van der Waals surface area (Å²) >= 11 is 3.39. The molecule has 3 rings (SSSR count). The van der Waals surface area contributed by atoms with Crippen LogP contribution in [0.15, 0.2) is 59.2 Å². The molecule has 0 saturated carbocycles. The van der Waals surface area contributed by atoms with Crippen molar-refractivity contribution in [2.45, 2.75) is 6.04 Å². The van der Waals surface area contributed by atoms with Crippen LogP contribution in [0.25, 0.3) is 10.9 Å². The second-order valence-corrected chi connectivity index (χ2v) is 5.54. The fourth-order valence-electron chi connectivity index (χ4n) is 2.44. The Morgan fingerprint density at radius 1 is 1.10 bits per heavy atom. The zero-order chi connectivity index (χ0) is 14.8. The number of benzene rings is 2. The monoisotopic (exact) mass is 345 g/mol. The molecule has 0 fully saturated rings. The topological polar surface area (TPSA) is 50.9 Å². The normalized spacial score (nSPS) is 12.5. The molecule has 2 aromatic carbocycles. The van der Waals surface area contributed by atoms with Crippen molar-refractivity contribution in [2.75, 3.05) is 0 Å². The van der Waals surface area contributed by atoms with Gasteiger partial charge in [-0.2, -0.15) is 0 Å². The highest BCUT2D eigenvalue weighted by Crippen LogP contribution is 2.31. The van der Waals surface area contributed by atoms with Crippen molar-refractivity contribution in [1.82, 2.24) is 10.4 Å². The van der Waals surface area contributed by atoms with Crippen molar-refractivity contribution in [3.8, 4) is 0 Å². The number of fused-ring (bicyclic) bond motifs is 1. The third-order valence-electron chi connectivity index (χ3n) is 3.42. The van der Waals surface area contributed by atoms with Gasteiger partial charge in [0, 0.05) is 21.6 Å². The first-order chi connectivity index (χ1) is 10.2. The van der Waals surface area contributed by atoms with Gasteiger partial charge in [-0.25, -0.2) is 9.82 Å². The van der Waals surface area contributed by atoms with Gasteiger partial charge < -0.3 is 0 Å². The van der Waals surface area contributed by atoms with Gasteiger partial charge in [0.25, 0.3) is 0 Å². The average molecular weight is 346 g/mol. The summed E-state index contributed by atoms with van der Waals surface area (Å²) in [4.78, 5) is 4.44. The predicted octanol–water partition coefficient (Wildman–Crippen LogP) is 3.69. The van der Waals surface area contributed by atoms with Crippen LogP contribution in [-0.2, 0) is 0 Å². The zero-order valence-electron chi connectivity index (χ0n) is 11.1. The van der Waals surface area contributed by atoms with Gasteiger partial charge in [0.2, 0.25) is 0 Å². The first-order valence-electron chi connectivity index (χ1n) is 6.45. The smallest absolute Gasteiger partial charge is 0.124 e. The summed E-state index contributed by atoms with van der Waals surface area (Å²) < 4.78 is 13.9. The largest absolute Gasteiger partial charge is 0.271 e. The predicted molar refractivity (Wildman–Crippen MR) is 85.0 cm³/mol. The third kappa shape index (κ3) is 2.68. The van der Waals surface area contributed by atoms with Gasteiger partial charge >= 0.3 is 0 Å². The number of hydrogen-bond donors (Lipinski definition) is 2. The van der Waals surface area contributed by atoms with E-state index in [1.54, 1.807) is 12.3 Å². The molecular formula is C16H13BrFN3. The Morgan fingerprint density at radius 2 is 1.90 bits per heavy atom. The average Bonchev–Trinajstić information content (AvgIpc) is 2.50. The van der Waals surface area contributed by atoms with Gasteiger partial charge in [0.15, 0.2) is 0 Å². The molecule has 1 atom stereocenters. The molecule has 3 N–H and O–H groups in total. The van der Waals surface area contributed by atoms with E-state index in [2.05, 4.69) is 26.3 Å². The second-order valence-electron chi connectivity index (χ2n) is 4.69. The summed E-state index contributed by atoms with van der Waals surface area (Å²) in [6.07, 6.45) is 1.75. The van der Waals surface area contributed by atoms with Crippen molar-refractivity contribution in [3.63, 3.8) is 0 Å². The number of halogens is 2. The van der Waals surface area contributed by atoms with Crippen molar-refractivity contribution >= 4 is 26.8 Å². The quantitative estimate of drug-likeness (QED) is 0.562. The standard InChI is InChI=1S/C16H13BrFN3/c17-14-9-11(18)6-7-12(14)16(21-19)13-5-1-3-10-4-2-8-20-15(10)13/h1-9,16,21H,19H2. The lowest BCUT2D eigenvalue weighted by atomic mass is 9.97. The highest BCUT2D eigenvalue weighted by atomic mass is 79.9. The number of nitrogens with zero attached hydrogens (tertiary/aromatic N) is 1. The zero-order valence-corrected chi connectivity index (χ0v) is 12.6. The minimum absolute atomic E-state index is 0.279. The number of nitrogens with two attached hydrogens (primary N) is 1. The number of rotatable bonds is 3. The maximum Gasteiger partial charge on any atom is 0.124 e. The fraction of sp³-hybridized carbons (Fsp3) is 0.0625. The lowest BCUT2D eigenvalue weighted by Gasteiger charge is -2.19. The minimum Gasteiger partial charge on any atom is -0.271 e. The molecule has 1 heterocycles. The molecule has 3 nitrogen and oxygen atoms in total. The van der Waals surface area contributed by atoms with E-state index in [4.69, 9.17) is 5.84 Å². The van der Waals surface area contributed by atoms with Gasteiger partial charge in [-0.3, -0.25) is 10.8 Å². The van der Waals surface area contributed by atoms with Gasteiger partial charge in [-0.1, -0.05) is 46.3 Å². The van der Waals surface area contributed by atoms with Crippen LogP contribution in [0, 0.1) is 5.82 Å². The van der Waals surface area contributed by atoms with E-state index in [1.165, 1.54) is 12.1 Å². The Hall–Kier alpha value is -1.82.